The highest BCUT2D eigenvalue weighted by Crippen LogP contribution is 2.21. The van der Waals surface area contributed by atoms with Gasteiger partial charge < -0.3 is 10.1 Å². The minimum atomic E-state index is -0.671. The molecule has 140 valence electrons. The number of hydrogen-bond acceptors (Lipinski definition) is 4. The van der Waals surface area contributed by atoms with E-state index in [1.54, 1.807) is 29.8 Å². The van der Waals surface area contributed by atoms with Crippen LogP contribution in [0.2, 0.25) is 10.2 Å². The topological polar surface area (TPSA) is 73.2 Å². The standard InChI is InChI=1S/C18H21Cl2N3O3/c1-11(2)9-23-17(20)16(12(3)22-23)18(25)26-10-15(24)21-8-13-6-4-5-7-14(13)19/h4-7,11H,8-10H2,1-3H3,(H,21,24). The Labute approximate surface area is 162 Å². The van der Waals surface area contributed by atoms with Crippen molar-refractivity contribution in [1.82, 2.24) is 15.1 Å². The first-order chi connectivity index (χ1) is 12.3. The van der Waals surface area contributed by atoms with Gasteiger partial charge in [0.05, 0.1) is 5.69 Å². The second-order valence-electron chi connectivity index (χ2n) is 6.27. The van der Waals surface area contributed by atoms with Gasteiger partial charge in [0, 0.05) is 18.1 Å². The number of carbonyl (C=O) groups is 2. The molecule has 1 amide bonds. The lowest BCUT2D eigenvalue weighted by Gasteiger charge is -2.08. The highest BCUT2D eigenvalue weighted by Gasteiger charge is 2.22. The zero-order valence-corrected chi connectivity index (χ0v) is 16.4. The third kappa shape index (κ3) is 5.22. The molecule has 0 aliphatic carbocycles. The summed E-state index contributed by atoms with van der Waals surface area (Å²) in [5.41, 5.74) is 1.44. The summed E-state index contributed by atoms with van der Waals surface area (Å²) in [7, 11) is 0. The van der Waals surface area contributed by atoms with Crippen LogP contribution in [0.4, 0.5) is 0 Å². The predicted molar refractivity (Wildman–Crippen MR) is 100 cm³/mol. The molecule has 1 aromatic carbocycles. The molecule has 0 fully saturated rings. The number of carbonyl (C=O) groups excluding carboxylic acids is 2. The highest BCUT2D eigenvalue weighted by atomic mass is 35.5. The van der Waals surface area contributed by atoms with E-state index in [1.807, 2.05) is 19.9 Å². The molecule has 1 aromatic heterocycles. The minimum Gasteiger partial charge on any atom is -0.452 e. The smallest absolute Gasteiger partial charge is 0.343 e. The van der Waals surface area contributed by atoms with E-state index in [0.29, 0.717) is 23.2 Å². The van der Waals surface area contributed by atoms with E-state index >= 15 is 0 Å². The van der Waals surface area contributed by atoms with Gasteiger partial charge in [0.1, 0.15) is 10.7 Å². The minimum absolute atomic E-state index is 0.186. The molecule has 0 aliphatic heterocycles. The number of hydrogen-bond donors (Lipinski definition) is 1. The number of rotatable bonds is 7. The zero-order valence-electron chi connectivity index (χ0n) is 14.9. The van der Waals surface area contributed by atoms with Crippen LogP contribution in [-0.2, 0) is 22.6 Å². The van der Waals surface area contributed by atoms with E-state index in [-0.39, 0.29) is 17.3 Å². The molecule has 6 nitrogen and oxygen atoms in total. The van der Waals surface area contributed by atoms with E-state index in [0.717, 1.165) is 5.56 Å². The van der Waals surface area contributed by atoms with Crippen LogP contribution in [0.5, 0.6) is 0 Å². The summed E-state index contributed by atoms with van der Waals surface area (Å²) in [5, 5.41) is 7.69. The fourth-order valence-electron chi connectivity index (χ4n) is 2.34. The number of esters is 1. The molecule has 0 spiro atoms. The maximum Gasteiger partial charge on any atom is 0.343 e. The Morgan fingerprint density at radius 1 is 1.27 bits per heavy atom. The molecule has 0 unspecified atom stereocenters. The van der Waals surface area contributed by atoms with Gasteiger partial charge in [0.15, 0.2) is 6.61 Å². The van der Waals surface area contributed by atoms with Crippen LogP contribution >= 0.6 is 23.2 Å². The van der Waals surface area contributed by atoms with Crippen LogP contribution in [0.15, 0.2) is 24.3 Å². The van der Waals surface area contributed by atoms with Crippen molar-refractivity contribution < 1.29 is 14.3 Å². The number of aromatic nitrogens is 2. The molecule has 2 aromatic rings. The van der Waals surface area contributed by atoms with Crippen molar-refractivity contribution in [3.05, 3.63) is 51.3 Å². The van der Waals surface area contributed by atoms with Crippen molar-refractivity contribution >= 4 is 35.1 Å². The van der Waals surface area contributed by atoms with E-state index in [1.165, 1.54) is 0 Å². The largest absolute Gasteiger partial charge is 0.452 e. The summed E-state index contributed by atoms with van der Waals surface area (Å²) in [4.78, 5) is 24.2. The third-order valence-corrected chi connectivity index (χ3v) is 4.33. The van der Waals surface area contributed by atoms with Gasteiger partial charge in [-0.1, -0.05) is 55.2 Å². The summed E-state index contributed by atoms with van der Waals surface area (Å²) in [6.45, 7) is 6.15. The van der Waals surface area contributed by atoms with E-state index in [4.69, 9.17) is 27.9 Å². The number of benzene rings is 1. The van der Waals surface area contributed by atoms with Crippen molar-refractivity contribution in [1.29, 1.82) is 0 Å². The van der Waals surface area contributed by atoms with Gasteiger partial charge >= 0.3 is 5.97 Å². The lowest BCUT2D eigenvalue weighted by atomic mass is 10.2. The first-order valence-corrected chi connectivity index (χ1v) is 8.95. The Morgan fingerprint density at radius 3 is 2.62 bits per heavy atom. The Morgan fingerprint density at radius 2 is 1.96 bits per heavy atom. The molecule has 1 N–H and O–H groups in total. The van der Waals surface area contributed by atoms with E-state index in [2.05, 4.69) is 10.4 Å². The van der Waals surface area contributed by atoms with Gasteiger partial charge in [-0.15, -0.1) is 0 Å². The number of nitrogens with one attached hydrogen (secondary N) is 1. The summed E-state index contributed by atoms with van der Waals surface area (Å²) >= 11 is 12.3. The van der Waals surface area contributed by atoms with Crippen molar-refractivity contribution in [3.63, 3.8) is 0 Å². The Balaban J connectivity index is 1.91. The molecule has 0 saturated carbocycles. The number of ether oxygens (including phenoxy) is 1. The predicted octanol–water partition coefficient (Wildman–Crippen LogP) is 3.63. The van der Waals surface area contributed by atoms with Crippen molar-refractivity contribution in [2.24, 2.45) is 5.92 Å². The quantitative estimate of drug-likeness (QED) is 0.723. The Hall–Kier alpha value is -2.05. The fraction of sp³-hybridized carbons (Fsp3) is 0.389. The summed E-state index contributed by atoms with van der Waals surface area (Å²) in [6, 6.07) is 7.18. The maximum atomic E-state index is 12.3. The monoisotopic (exact) mass is 397 g/mol. The van der Waals surface area contributed by atoms with Gasteiger partial charge in [-0.25, -0.2) is 4.79 Å². The molecule has 0 radical (unpaired) electrons. The maximum absolute atomic E-state index is 12.3. The summed E-state index contributed by atoms with van der Waals surface area (Å²) < 4.78 is 6.63. The average Bonchev–Trinajstić information content (AvgIpc) is 2.85. The first kappa shape index (κ1) is 20.3. The van der Waals surface area contributed by atoms with E-state index < -0.39 is 18.5 Å². The van der Waals surface area contributed by atoms with Gasteiger partial charge in [-0.3, -0.25) is 9.48 Å². The number of halogens is 2. The van der Waals surface area contributed by atoms with Gasteiger partial charge in [-0.05, 0) is 24.5 Å². The van der Waals surface area contributed by atoms with Crippen molar-refractivity contribution in [3.8, 4) is 0 Å². The molecular formula is C18H21Cl2N3O3. The van der Waals surface area contributed by atoms with Gasteiger partial charge in [0.25, 0.3) is 5.91 Å². The van der Waals surface area contributed by atoms with Crippen LogP contribution in [0.3, 0.4) is 0 Å². The fourth-order valence-corrected chi connectivity index (χ4v) is 2.87. The molecule has 0 saturated heterocycles. The lowest BCUT2D eigenvalue weighted by molar-refractivity contribution is -0.124. The van der Waals surface area contributed by atoms with Crippen LogP contribution in [0.25, 0.3) is 0 Å². The summed E-state index contributed by atoms with van der Waals surface area (Å²) in [5.74, 6) is -0.775. The second-order valence-corrected chi connectivity index (χ2v) is 7.04. The lowest BCUT2D eigenvalue weighted by Crippen LogP contribution is -2.28. The van der Waals surface area contributed by atoms with Crippen LogP contribution in [-0.4, -0.2) is 28.3 Å². The number of nitrogens with zero attached hydrogens (tertiary/aromatic N) is 2. The molecule has 0 bridgehead atoms. The molecular weight excluding hydrogens is 377 g/mol. The van der Waals surface area contributed by atoms with Crippen LogP contribution in [0.1, 0.15) is 35.5 Å². The van der Waals surface area contributed by atoms with Crippen molar-refractivity contribution in [2.75, 3.05) is 6.61 Å². The summed E-state index contributed by atoms with van der Waals surface area (Å²) in [6.07, 6.45) is 0. The highest BCUT2D eigenvalue weighted by molar-refractivity contribution is 6.32. The molecule has 1 heterocycles. The first-order valence-electron chi connectivity index (χ1n) is 8.19. The van der Waals surface area contributed by atoms with Crippen LogP contribution < -0.4 is 5.32 Å². The molecule has 26 heavy (non-hydrogen) atoms. The average molecular weight is 398 g/mol. The van der Waals surface area contributed by atoms with E-state index in [9.17, 15) is 9.59 Å². The Kier molecular flexibility index (Phi) is 7.06. The molecule has 8 heteroatoms. The molecule has 0 atom stereocenters. The Bertz CT molecular complexity index is 803. The van der Waals surface area contributed by atoms with Gasteiger partial charge in [0.2, 0.25) is 0 Å². The van der Waals surface area contributed by atoms with Crippen LogP contribution in [0, 0.1) is 12.8 Å². The van der Waals surface area contributed by atoms with Gasteiger partial charge in [-0.2, -0.15) is 5.10 Å². The SMILES string of the molecule is Cc1nn(CC(C)C)c(Cl)c1C(=O)OCC(=O)NCc1ccccc1Cl. The molecule has 2 rings (SSSR count). The third-order valence-electron chi connectivity index (χ3n) is 3.58. The number of amides is 1. The molecule has 0 aliphatic rings. The van der Waals surface area contributed by atoms with Crippen molar-refractivity contribution in [2.45, 2.75) is 33.9 Å². The zero-order chi connectivity index (χ0) is 19.3. The second kappa shape index (κ2) is 9.05. The number of aryl methyl sites for hydroxylation is 1. The normalized spacial score (nSPS) is 10.8.